The van der Waals surface area contributed by atoms with Gasteiger partial charge in [-0.1, -0.05) is 37.3 Å². The van der Waals surface area contributed by atoms with E-state index in [0.717, 1.165) is 32.1 Å². The maximum atomic E-state index is 12.9. The number of piperidine rings is 1. The van der Waals surface area contributed by atoms with Crippen molar-refractivity contribution >= 4 is 0 Å². The Kier molecular flexibility index (Phi) is 7.68. The standard InChI is InChI=1S/C28H35F3N2O4/c1-2-26(34)35-17-19-15-27(20-6-4-3-5-7-20)25(13-11-23(19)33-27)32-16-18-14-22(37-28(29,30)31)10-12-24(18)36-21-8-9-21/h3-7,10,12,14,19,21,23,25-26,32-34H,2,8-9,11,13,15-17H2,1H3/t19-,23-,25+,26?,27+/m0/s1. The molecule has 3 fully saturated rings. The molecule has 1 unspecified atom stereocenters. The summed E-state index contributed by atoms with van der Waals surface area (Å²) in [6.45, 7) is 2.71. The molecule has 5 atom stereocenters. The second kappa shape index (κ2) is 10.8. The lowest BCUT2D eigenvalue weighted by molar-refractivity contribution is -0.274. The minimum Gasteiger partial charge on any atom is -0.490 e. The molecule has 1 aliphatic carbocycles. The summed E-state index contributed by atoms with van der Waals surface area (Å²) in [5, 5.41) is 17.5. The molecule has 2 bridgehead atoms. The largest absolute Gasteiger partial charge is 0.573 e. The van der Waals surface area contributed by atoms with E-state index in [9.17, 15) is 18.3 Å². The minimum absolute atomic E-state index is 0.0354. The fourth-order valence-corrected chi connectivity index (χ4v) is 5.75. The van der Waals surface area contributed by atoms with E-state index >= 15 is 0 Å². The molecule has 2 aromatic carbocycles. The Balaban J connectivity index is 1.37. The zero-order chi connectivity index (χ0) is 26.0. The van der Waals surface area contributed by atoms with Gasteiger partial charge < -0.3 is 30.0 Å². The van der Waals surface area contributed by atoms with Crippen LogP contribution in [0.15, 0.2) is 48.5 Å². The first kappa shape index (κ1) is 26.3. The fraction of sp³-hybridized carbons (Fsp3) is 0.571. The van der Waals surface area contributed by atoms with Crippen LogP contribution in [0.1, 0.15) is 56.6 Å². The summed E-state index contributed by atoms with van der Waals surface area (Å²) < 4.78 is 54.5. The molecule has 202 valence electrons. The van der Waals surface area contributed by atoms with E-state index in [1.165, 1.54) is 17.7 Å². The number of aliphatic hydroxyl groups excluding tert-OH is 1. The number of alkyl halides is 3. The smallest absolute Gasteiger partial charge is 0.490 e. The molecule has 6 nitrogen and oxygen atoms in total. The van der Waals surface area contributed by atoms with Gasteiger partial charge in [0, 0.05) is 24.2 Å². The van der Waals surface area contributed by atoms with E-state index in [1.807, 2.05) is 25.1 Å². The Labute approximate surface area is 215 Å². The van der Waals surface area contributed by atoms with E-state index in [2.05, 4.69) is 27.5 Å². The van der Waals surface area contributed by atoms with E-state index < -0.39 is 12.7 Å². The fourth-order valence-electron chi connectivity index (χ4n) is 5.75. The highest BCUT2D eigenvalue weighted by atomic mass is 19.4. The zero-order valence-corrected chi connectivity index (χ0v) is 21.0. The van der Waals surface area contributed by atoms with Crippen molar-refractivity contribution in [1.82, 2.24) is 10.6 Å². The van der Waals surface area contributed by atoms with Crippen molar-refractivity contribution in [2.45, 2.75) is 88.4 Å². The van der Waals surface area contributed by atoms with Gasteiger partial charge in [-0.05, 0) is 68.2 Å². The topological polar surface area (TPSA) is 72.0 Å². The lowest BCUT2D eigenvalue weighted by Crippen LogP contribution is -2.58. The first-order valence-corrected chi connectivity index (χ1v) is 13.2. The highest BCUT2D eigenvalue weighted by Crippen LogP contribution is 2.46. The lowest BCUT2D eigenvalue weighted by Gasteiger charge is -2.43. The van der Waals surface area contributed by atoms with Crippen LogP contribution in [0.3, 0.4) is 0 Å². The number of rotatable bonds is 11. The molecule has 37 heavy (non-hydrogen) atoms. The first-order valence-electron chi connectivity index (χ1n) is 13.2. The van der Waals surface area contributed by atoms with Crippen molar-refractivity contribution in [3.63, 3.8) is 0 Å². The highest BCUT2D eigenvalue weighted by Gasteiger charge is 2.53. The van der Waals surface area contributed by atoms with E-state index in [4.69, 9.17) is 9.47 Å². The molecule has 0 amide bonds. The van der Waals surface area contributed by atoms with Gasteiger partial charge in [0.2, 0.25) is 0 Å². The number of hydrogen-bond acceptors (Lipinski definition) is 6. The molecule has 2 aliphatic heterocycles. The van der Waals surface area contributed by atoms with E-state index in [1.54, 1.807) is 6.07 Å². The van der Waals surface area contributed by atoms with Gasteiger partial charge in [-0.25, -0.2) is 0 Å². The number of nitrogens with one attached hydrogen (secondary N) is 2. The summed E-state index contributed by atoms with van der Waals surface area (Å²) in [4.78, 5) is 0. The number of benzene rings is 2. The Hall–Kier alpha value is -2.33. The van der Waals surface area contributed by atoms with Crippen LogP contribution in [-0.4, -0.2) is 42.6 Å². The maximum absolute atomic E-state index is 12.9. The van der Waals surface area contributed by atoms with Gasteiger partial charge in [0.15, 0.2) is 6.29 Å². The van der Waals surface area contributed by atoms with Crippen molar-refractivity contribution in [1.29, 1.82) is 0 Å². The average Bonchev–Trinajstić information content (AvgIpc) is 3.65. The number of ether oxygens (including phenoxy) is 3. The van der Waals surface area contributed by atoms with Crippen molar-refractivity contribution < 1.29 is 32.5 Å². The molecule has 2 heterocycles. The second-order valence-electron chi connectivity index (χ2n) is 10.4. The van der Waals surface area contributed by atoms with Crippen LogP contribution in [0.2, 0.25) is 0 Å². The zero-order valence-electron chi connectivity index (χ0n) is 21.0. The highest BCUT2D eigenvalue weighted by molar-refractivity contribution is 5.41. The van der Waals surface area contributed by atoms with Crippen molar-refractivity contribution in [3.05, 3.63) is 59.7 Å². The molecule has 3 N–H and O–H groups in total. The SMILES string of the molecule is CCC(O)OC[C@@H]1C[C@]2(c3ccccc3)N[C@H]1CC[C@H]2NCc1cc(OC(F)(F)F)ccc1OC1CC1. The Bertz CT molecular complexity index is 1050. The molecule has 9 heteroatoms. The van der Waals surface area contributed by atoms with Gasteiger partial charge in [-0.2, -0.15) is 0 Å². The molecule has 2 aromatic rings. The lowest BCUT2D eigenvalue weighted by atomic mass is 9.78. The first-order chi connectivity index (χ1) is 17.8. The summed E-state index contributed by atoms with van der Waals surface area (Å²) in [7, 11) is 0. The molecular formula is C28H35F3N2O4. The van der Waals surface area contributed by atoms with Crippen molar-refractivity contribution in [2.75, 3.05) is 6.61 Å². The van der Waals surface area contributed by atoms with Gasteiger partial charge in [-0.15, -0.1) is 13.2 Å². The van der Waals surface area contributed by atoms with Crippen LogP contribution in [0, 0.1) is 5.92 Å². The second-order valence-corrected chi connectivity index (χ2v) is 10.4. The monoisotopic (exact) mass is 520 g/mol. The summed E-state index contributed by atoms with van der Waals surface area (Å²) >= 11 is 0. The van der Waals surface area contributed by atoms with Gasteiger partial charge in [-0.3, -0.25) is 0 Å². The molecule has 2 saturated heterocycles. The van der Waals surface area contributed by atoms with Gasteiger partial charge in [0.1, 0.15) is 11.5 Å². The van der Waals surface area contributed by atoms with Gasteiger partial charge >= 0.3 is 6.36 Å². The molecular weight excluding hydrogens is 485 g/mol. The third-order valence-electron chi connectivity index (χ3n) is 7.72. The third kappa shape index (κ3) is 6.22. The predicted octanol–water partition coefficient (Wildman–Crippen LogP) is 5.00. The Morgan fingerprint density at radius 1 is 1.11 bits per heavy atom. The van der Waals surface area contributed by atoms with Crippen LogP contribution >= 0.6 is 0 Å². The molecule has 0 spiro atoms. The Morgan fingerprint density at radius 3 is 2.59 bits per heavy atom. The van der Waals surface area contributed by atoms with Gasteiger partial charge in [0.05, 0.1) is 18.2 Å². The van der Waals surface area contributed by atoms with E-state index in [0.29, 0.717) is 30.9 Å². The summed E-state index contributed by atoms with van der Waals surface area (Å²) in [5.41, 5.74) is 1.45. The summed E-state index contributed by atoms with van der Waals surface area (Å²) in [6.07, 6.45) is -0.283. The molecule has 3 aliphatic rings. The third-order valence-corrected chi connectivity index (χ3v) is 7.72. The molecule has 0 aromatic heterocycles. The Morgan fingerprint density at radius 2 is 1.89 bits per heavy atom. The van der Waals surface area contributed by atoms with E-state index in [-0.39, 0.29) is 35.4 Å². The van der Waals surface area contributed by atoms with Crippen LogP contribution in [0.25, 0.3) is 0 Å². The maximum Gasteiger partial charge on any atom is 0.573 e. The average molecular weight is 521 g/mol. The molecule has 5 rings (SSSR count). The van der Waals surface area contributed by atoms with Gasteiger partial charge in [0.25, 0.3) is 0 Å². The van der Waals surface area contributed by atoms with Crippen molar-refractivity contribution in [2.24, 2.45) is 5.92 Å². The summed E-state index contributed by atoms with van der Waals surface area (Å²) in [5.74, 6) is 0.580. The quantitative estimate of drug-likeness (QED) is 0.363. The van der Waals surface area contributed by atoms with Crippen LogP contribution in [0.5, 0.6) is 11.5 Å². The number of halogens is 3. The number of fused-ring (bicyclic) bond motifs is 2. The van der Waals surface area contributed by atoms with Crippen LogP contribution in [-0.2, 0) is 16.8 Å². The number of aliphatic hydroxyl groups is 1. The summed E-state index contributed by atoms with van der Waals surface area (Å²) in [6, 6.07) is 14.9. The van der Waals surface area contributed by atoms with Crippen molar-refractivity contribution in [3.8, 4) is 11.5 Å². The predicted molar refractivity (Wildman–Crippen MR) is 132 cm³/mol. The normalized spacial score (nSPS) is 28.2. The molecule has 1 saturated carbocycles. The minimum atomic E-state index is -4.75. The number of hydrogen-bond donors (Lipinski definition) is 3. The molecule has 0 radical (unpaired) electrons. The van der Waals surface area contributed by atoms with Crippen LogP contribution < -0.4 is 20.1 Å². The van der Waals surface area contributed by atoms with Crippen LogP contribution in [0.4, 0.5) is 13.2 Å².